The van der Waals surface area contributed by atoms with Gasteiger partial charge in [-0.05, 0) is 30.9 Å². The van der Waals surface area contributed by atoms with Gasteiger partial charge in [0.25, 0.3) is 0 Å². The average Bonchev–Trinajstić information content (AvgIpc) is 2.30. The van der Waals surface area contributed by atoms with Gasteiger partial charge in [0.1, 0.15) is 5.75 Å². The molecule has 19 heavy (non-hydrogen) atoms. The smallest absolute Gasteiger partial charge is 0.232 e. The van der Waals surface area contributed by atoms with Crippen LogP contribution < -0.4 is 4.74 Å². The Morgan fingerprint density at radius 1 is 1.26 bits per heavy atom. The van der Waals surface area contributed by atoms with Gasteiger partial charge in [0, 0.05) is 16.7 Å². The Hall–Kier alpha value is -0.880. The Morgan fingerprint density at radius 2 is 1.95 bits per heavy atom. The first-order valence-corrected chi connectivity index (χ1v) is 8.26. The number of ether oxygens (including phenoxy) is 1. The van der Waals surface area contributed by atoms with Crippen LogP contribution in [0.2, 0.25) is 0 Å². The molecule has 1 aromatic carbocycles. The molecular weight excluding hydrogens is 298 g/mol. The van der Waals surface area contributed by atoms with Crippen molar-refractivity contribution in [3.05, 3.63) is 29.8 Å². The summed E-state index contributed by atoms with van der Waals surface area (Å²) in [6.45, 7) is 2.17. The van der Waals surface area contributed by atoms with Gasteiger partial charge in [-0.15, -0.1) is 0 Å². The Balaban J connectivity index is 2.31. The van der Waals surface area contributed by atoms with Crippen molar-refractivity contribution in [1.82, 2.24) is 0 Å². The molecule has 0 aliphatic heterocycles. The molecular formula is C12H15ClF2O3S. The summed E-state index contributed by atoms with van der Waals surface area (Å²) in [4.78, 5) is 0. The van der Waals surface area contributed by atoms with E-state index >= 15 is 0 Å². The van der Waals surface area contributed by atoms with E-state index in [1.54, 1.807) is 0 Å². The highest BCUT2D eigenvalue weighted by molar-refractivity contribution is 8.13. The van der Waals surface area contributed by atoms with Crippen LogP contribution in [0.25, 0.3) is 0 Å². The topological polar surface area (TPSA) is 43.4 Å². The fraction of sp³-hybridized carbons (Fsp3) is 0.500. The standard InChI is InChI=1S/C12H15ClF2O3S/c1-9(5-7-19(13,16)17)4-6-18-10-2-3-11(14)12(15)8-10/h2-3,8-9H,4-7H2,1H3. The number of benzene rings is 1. The molecule has 0 fully saturated rings. The lowest BCUT2D eigenvalue weighted by atomic mass is 10.1. The molecule has 0 saturated carbocycles. The summed E-state index contributed by atoms with van der Waals surface area (Å²) in [6, 6.07) is 3.31. The second kappa shape index (κ2) is 7.05. The van der Waals surface area contributed by atoms with Gasteiger partial charge in [-0.3, -0.25) is 0 Å². The molecule has 0 heterocycles. The van der Waals surface area contributed by atoms with E-state index in [4.69, 9.17) is 15.4 Å². The van der Waals surface area contributed by atoms with E-state index in [0.29, 0.717) is 19.4 Å². The van der Waals surface area contributed by atoms with E-state index in [2.05, 4.69) is 0 Å². The molecule has 0 aliphatic carbocycles. The summed E-state index contributed by atoms with van der Waals surface area (Å²) in [5.74, 6) is -1.61. The van der Waals surface area contributed by atoms with Crippen LogP contribution in [0, 0.1) is 17.6 Å². The van der Waals surface area contributed by atoms with Crippen LogP contribution in [0.15, 0.2) is 18.2 Å². The van der Waals surface area contributed by atoms with Gasteiger partial charge >= 0.3 is 0 Å². The van der Waals surface area contributed by atoms with Gasteiger partial charge in [0.05, 0.1) is 12.4 Å². The fourth-order valence-corrected chi connectivity index (χ4v) is 2.38. The first-order chi connectivity index (χ1) is 8.78. The third kappa shape index (κ3) is 6.73. The van der Waals surface area contributed by atoms with Gasteiger partial charge in [-0.2, -0.15) is 0 Å². The Bertz CT molecular complexity index is 520. The Kier molecular flexibility index (Phi) is 6.00. The molecule has 1 rings (SSSR count). The molecule has 1 unspecified atom stereocenters. The van der Waals surface area contributed by atoms with Crippen molar-refractivity contribution in [2.75, 3.05) is 12.4 Å². The minimum atomic E-state index is -3.47. The van der Waals surface area contributed by atoms with Gasteiger partial charge in [0.2, 0.25) is 9.05 Å². The minimum Gasteiger partial charge on any atom is -0.493 e. The van der Waals surface area contributed by atoms with E-state index in [0.717, 1.165) is 12.1 Å². The summed E-state index contributed by atoms with van der Waals surface area (Å²) in [7, 11) is 1.64. The van der Waals surface area contributed by atoms with E-state index in [1.807, 2.05) is 6.92 Å². The molecule has 1 aromatic rings. The lowest BCUT2D eigenvalue weighted by molar-refractivity contribution is 0.280. The third-order valence-electron chi connectivity index (χ3n) is 2.62. The van der Waals surface area contributed by atoms with Crippen LogP contribution in [0.1, 0.15) is 19.8 Å². The molecule has 3 nitrogen and oxygen atoms in total. The molecule has 7 heteroatoms. The van der Waals surface area contributed by atoms with Gasteiger partial charge in [0.15, 0.2) is 11.6 Å². The average molecular weight is 313 g/mol. The predicted molar refractivity (Wildman–Crippen MR) is 69.9 cm³/mol. The summed E-state index contributed by atoms with van der Waals surface area (Å²) in [5, 5.41) is 0. The zero-order chi connectivity index (χ0) is 14.5. The summed E-state index contributed by atoms with van der Waals surface area (Å²) < 4.78 is 52.3. The molecule has 0 bridgehead atoms. The van der Waals surface area contributed by atoms with Crippen LogP contribution in [0.4, 0.5) is 8.78 Å². The van der Waals surface area contributed by atoms with Crippen LogP contribution in [-0.2, 0) is 9.05 Å². The molecule has 0 N–H and O–H groups in total. The number of halogens is 3. The first-order valence-electron chi connectivity index (χ1n) is 5.78. The molecule has 0 radical (unpaired) electrons. The van der Waals surface area contributed by atoms with Crippen LogP contribution >= 0.6 is 10.7 Å². The van der Waals surface area contributed by atoms with E-state index in [1.165, 1.54) is 6.07 Å². The van der Waals surface area contributed by atoms with Gasteiger partial charge in [-0.25, -0.2) is 17.2 Å². The molecule has 108 valence electrons. The second-order valence-corrected chi connectivity index (χ2v) is 7.25. The monoisotopic (exact) mass is 312 g/mol. The van der Waals surface area contributed by atoms with Crippen molar-refractivity contribution < 1.29 is 21.9 Å². The lowest BCUT2D eigenvalue weighted by Crippen LogP contribution is -2.08. The van der Waals surface area contributed by atoms with Crippen molar-refractivity contribution in [3.63, 3.8) is 0 Å². The first kappa shape index (κ1) is 16.2. The zero-order valence-electron chi connectivity index (χ0n) is 10.4. The predicted octanol–water partition coefficient (Wildman–Crippen LogP) is 3.33. The van der Waals surface area contributed by atoms with E-state index < -0.39 is 20.7 Å². The lowest BCUT2D eigenvalue weighted by Gasteiger charge is -2.11. The molecule has 0 aromatic heterocycles. The summed E-state index contributed by atoms with van der Waals surface area (Å²) in [5.41, 5.74) is 0. The van der Waals surface area contributed by atoms with Crippen molar-refractivity contribution in [3.8, 4) is 5.75 Å². The molecule has 1 atom stereocenters. The fourth-order valence-electron chi connectivity index (χ4n) is 1.43. The number of rotatable bonds is 7. The minimum absolute atomic E-state index is 0.0824. The normalized spacial score (nSPS) is 13.3. The number of hydrogen-bond acceptors (Lipinski definition) is 3. The van der Waals surface area contributed by atoms with E-state index in [9.17, 15) is 17.2 Å². The zero-order valence-corrected chi connectivity index (χ0v) is 12.0. The van der Waals surface area contributed by atoms with Crippen LogP contribution in [0.5, 0.6) is 5.75 Å². The second-order valence-electron chi connectivity index (χ2n) is 4.35. The molecule has 0 saturated heterocycles. The maximum absolute atomic E-state index is 12.9. The highest BCUT2D eigenvalue weighted by Crippen LogP contribution is 2.17. The number of hydrogen-bond donors (Lipinski definition) is 0. The largest absolute Gasteiger partial charge is 0.493 e. The Morgan fingerprint density at radius 3 is 2.53 bits per heavy atom. The maximum Gasteiger partial charge on any atom is 0.232 e. The van der Waals surface area contributed by atoms with Crippen LogP contribution in [0.3, 0.4) is 0 Å². The summed E-state index contributed by atoms with van der Waals surface area (Å²) >= 11 is 0. The molecule has 0 spiro atoms. The van der Waals surface area contributed by atoms with E-state index in [-0.39, 0.29) is 17.4 Å². The van der Waals surface area contributed by atoms with Crippen molar-refractivity contribution in [2.45, 2.75) is 19.8 Å². The maximum atomic E-state index is 12.9. The van der Waals surface area contributed by atoms with Crippen molar-refractivity contribution in [1.29, 1.82) is 0 Å². The van der Waals surface area contributed by atoms with Gasteiger partial charge in [-0.1, -0.05) is 6.92 Å². The highest BCUT2D eigenvalue weighted by atomic mass is 35.7. The van der Waals surface area contributed by atoms with Crippen molar-refractivity contribution in [2.24, 2.45) is 5.92 Å². The molecule has 0 amide bonds. The highest BCUT2D eigenvalue weighted by Gasteiger charge is 2.10. The van der Waals surface area contributed by atoms with Gasteiger partial charge < -0.3 is 4.74 Å². The van der Waals surface area contributed by atoms with Crippen LogP contribution in [-0.4, -0.2) is 20.8 Å². The Labute approximate surface area is 115 Å². The third-order valence-corrected chi connectivity index (χ3v) is 3.81. The quantitative estimate of drug-likeness (QED) is 0.725. The SMILES string of the molecule is CC(CCOc1ccc(F)c(F)c1)CCS(=O)(=O)Cl. The van der Waals surface area contributed by atoms with Crippen molar-refractivity contribution >= 4 is 19.7 Å². The summed E-state index contributed by atoms with van der Waals surface area (Å²) in [6.07, 6.45) is 1.04. The molecule has 0 aliphatic rings.